The molecule has 0 saturated heterocycles. The Balaban J connectivity index is 0. The van der Waals surface area contributed by atoms with Gasteiger partial charge in [0.2, 0.25) is 0 Å². The molecule has 0 aliphatic carbocycles. The van der Waals surface area contributed by atoms with Gasteiger partial charge in [-0.2, -0.15) is 0 Å². The van der Waals surface area contributed by atoms with Crippen LogP contribution in [-0.4, -0.2) is 106 Å². The second-order valence-electron chi connectivity index (χ2n) is 11.3. The van der Waals surface area contributed by atoms with E-state index in [1.807, 2.05) is 21.1 Å². The Morgan fingerprint density at radius 3 is 1.90 bits per heavy atom. The third kappa shape index (κ3) is 18.9. The normalized spacial score (nSPS) is 16.6. The largest absolute Gasteiger partial charge is 1.00 e. The molecule has 0 aliphatic rings. The molecule has 0 aromatic heterocycles. The van der Waals surface area contributed by atoms with Crippen LogP contribution in [-0.2, 0) is 51.4 Å². The summed E-state index contributed by atoms with van der Waals surface area (Å²) >= 11 is 3.26. The van der Waals surface area contributed by atoms with Gasteiger partial charge in [-0.25, -0.2) is 8.42 Å². The molecule has 0 amide bonds. The second-order valence-corrected chi connectivity index (χ2v) is 17.9. The maximum absolute atomic E-state index is 13.3. The van der Waals surface area contributed by atoms with E-state index in [1.54, 1.807) is 20.8 Å². The summed E-state index contributed by atoms with van der Waals surface area (Å²) in [5.41, 5.74) is -2.71. The molecule has 0 saturated carbocycles. The molecule has 0 radical (unpaired) electrons. The number of carbonyl (C=O) groups is 3. The zero-order valence-electron chi connectivity index (χ0n) is 25.8. The SMILES string of the molecule is CCOC(=O)C(C)(C)CC(C)(CC(C)(Br)C(=O)OCCSS(=O)(=O)[O-])C(=O)OCCOP(=O)([O-])OCC[N+](C)(C)C.[Na+]. The quantitative estimate of drug-likeness (QED) is 0.0170. The third-order valence-corrected chi connectivity index (χ3v) is 9.01. The van der Waals surface area contributed by atoms with Gasteiger partial charge >= 0.3 is 47.5 Å². The number of hydrogen-bond acceptors (Lipinski definition) is 14. The Morgan fingerprint density at radius 2 is 1.40 bits per heavy atom. The first-order chi connectivity index (χ1) is 18.4. The van der Waals surface area contributed by atoms with E-state index >= 15 is 0 Å². The van der Waals surface area contributed by atoms with Gasteiger partial charge in [0.25, 0.3) is 7.82 Å². The molecule has 0 fully saturated rings. The maximum Gasteiger partial charge on any atom is 1.00 e. The van der Waals surface area contributed by atoms with Crippen LogP contribution in [0.2, 0.25) is 0 Å². The van der Waals surface area contributed by atoms with Crippen molar-refractivity contribution in [1.82, 2.24) is 0 Å². The molecule has 19 heteroatoms. The van der Waals surface area contributed by atoms with Crippen LogP contribution >= 0.6 is 34.5 Å². The van der Waals surface area contributed by atoms with E-state index in [-0.39, 0.29) is 78.8 Å². The minimum Gasteiger partial charge on any atom is -0.756 e. The molecule has 0 spiro atoms. The molecule has 3 atom stereocenters. The predicted molar refractivity (Wildman–Crippen MR) is 152 cm³/mol. The van der Waals surface area contributed by atoms with Gasteiger partial charge in [-0.1, -0.05) is 15.9 Å². The minimum absolute atomic E-state index is 0. The number of likely N-dealkylation sites (N-methyl/N-ethyl adjacent to an activating group) is 1. The van der Waals surface area contributed by atoms with E-state index in [9.17, 15) is 36.8 Å². The zero-order chi connectivity index (χ0) is 32.3. The fourth-order valence-corrected chi connectivity index (χ4v) is 6.31. The molecule has 0 aromatic carbocycles. The summed E-state index contributed by atoms with van der Waals surface area (Å²) in [6.07, 6.45) is -0.381. The Bertz CT molecular complexity index is 1050. The van der Waals surface area contributed by atoms with E-state index in [1.165, 1.54) is 13.8 Å². The molecule has 0 rings (SSSR count). The van der Waals surface area contributed by atoms with Gasteiger partial charge in [-0.15, -0.1) is 0 Å². The minimum atomic E-state index is -4.64. The van der Waals surface area contributed by atoms with E-state index in [0.29, 0.717) is 11.0 Å². The van der Waals surface area contributed by atoms with Crippen molar-refractivity contribution in [3.63, 3.8) is 0 Å². The number of alkyl halides is 1. The number of halogens is 1. The van der Waals surface area contributed by atoms with Crippen LogP contribution < -0.4 is 34.5 Å². The van der Waals surface area contributed by atoms with Crippen LogP contribution in [0.15, 0.2) is 0 Å². The summed E-state index contributed by atoms with van der Waals surface area (Å²) in [6, 6.07) is 0. The fraction of sp³-hybridized carbons (Fsp3) is 0.870. The summed E-state index contributed by atoms with van der Waals surface area (Å²) in [5.74, 6) is -2.58. The van der Waals surface area contributed by atoms with Crippen LogP contribution in [0.5, 0.6) is 0 Å². The molecular weight excluding hydrogens is 696 g/mol. The molecule has 0 N–H and O–H groups in total. The molecule has 0 bridgehead atoms. The zero-order valence-corrected chi connectivity index (χ0v) is 31.9. The summed E-state index contributed by atoms with van der Waals surface area (Å²) in [4.78, 5) is 50.6. The van der Waals surface area contributed by atoms with Crippen molar-refractivity contribution in [1.29, 1.82) is 0 Å². The first kappa shape index (κ1) is 44.3. The topological polar surface area (TPSA) is 195 Å². The molecule has 0 heterocycles. The van der Waals surface area contributed by atoms with E-state index in [4.69, 9.17) is 23.3 Å². The third-order valence-electron chi connectivity index (χ3n) is 5.42. The number of esters is 3. The number of phosphoric acid groups is 1. The molecule has 242 valence electrons. The van der Waals surface area contributed by atoms with Crippen molar-refractivity contribution in [2.24, 2.45) is 10.8 Å². The van der Waals surface area contributed by atoms with Crippen molar-refractivity contribution in [2.45, 2.75) is 51.8 Å². The average molecular weight is 739 g/mol. The predicted octanol–water partition coefficient (Wildman–Crippen LogP) is -0.993. The van der Waals surface area contributed by atoms with Gasteiger partial charge in [0.05, 0.1) is 45.2 Å². The summed E-state index contributed by atoms with van der Waals surface area (Å²) in [5, 5.41) is 0. The van der Waals surface area contributed by atoms with Crippen LogP contribution in [0.25, 0.3) is 0 Å². The molecule has 14 nitrogen and oxygen atoms in total. The number of phosphoric ester groups is 1. The first-order valence-corrected chi connectivity index (χ1v) is 17.7. The van der Waals surface area contributed by atoms with E-state index < -0.39 is 63.2 Å². The summed E-state index contributed by atoms with van der Waals surface area (Å²) < 4.78 is 68.2. The number of quaternary nitrogens is 1. The summed E-state index contributed by atoms with van der Waals surface area (Å²) in [7, 11) is -3.55. The van der Waals surface area contributed by atoms with Crippen LogP contribution in [0.3, 0.4) is 0 Å². The van der Waals surface area contributed by atoms with Gasteiger partial charge in [0, 0.05) is 5.75 Å². The van der Waals surface area contributed by atoms with Crippen LogP contribution in [0, 0.1) is 10.8 Å². The Morgan fingerprint density at radius 1 is 0.881 bits per heavy atom. The number of ether oxygens (including phenoxy) is 3. The molecular formula is C23H42BrNNaO13PS2. The Kier molecular flexibility index (Phi) is 19.4. The molecule has 42 heavy (non-hydrogen) atoms. The van der Waals surface area contributed by atoms with E-state index in [0.717, 1.165) is 0 Å². The van der Waals surface area contributed by atoms with Crippen molar-refractivity contribution < 1.29 is 94.1 Å². The Labute approximate surface area is 283 Å². The molecule has 0 aliphatic heterocycles. The van der Waals surface area contributed by atoms with Gasteiger partial charge < -0.3 is 37.2 Å². The van der Waals surface area contributed by atoms with Gasteiger partial charge in [0.15, 0.2) is 0 Å². The van der Waals surface area contributed by atoms with Crippen LogP contribution in [0.1, 0.15) is 47.5 Å². The number of rotatable bonds is 20. The number of nitrogens with zero attached hydrogens (tertiary/aromatic N) is 1. The Hall–Kier alpha value is 0.220. The smallest absolute Gasteiger partial charge is 0.756 e. The number of carbonyl (C=O) groups excluding carboxylic acids is 3. The standard InChI is InChI=1S/C23H43BrNO13PS2.Na/c1-9-34-18(26)21(2,3)16-22(4,17-23(5,24)20(28)36-14-15-40-41(31,32)33)19(27)35-12-13-38-39(29,30)37-11-10-25(6,7)8;/h9-17H2,1-8H3,(H-,29,30,31,32,33);/q;+1/p-1. The molecule has 0 aromatic rings. The van der Waals surface area contributed by atoms with Crippen molar-refractivity contribution in [3.05, 3.63) is 0 Å². The van der Waals surface area contributed by atoms with E-state index in [2.05, 4.69) is 15.9 Å². The van der Waals surface area contributed by atoms with Gasteiger partial charge in [-0.3, -0.25) is 18.9 Å². The first-order valence-electron chi connectivity index (χ1n) is 12.6. The molecule has 3 unspecified atom stereocenters. The second kappa shape index (κ2) is 18.4. The van der Waals surface area contributed by atoms with Crippen LogP contribution in [0.4, 0.5) is 0 Å². The van der Waals surface area contributed by atoms with Crippen molar-refractivity contribution >= 4 is 61.6 Å². The average Bonchev–Trinajstić information content (AvgIpc) is 2.76. The summed E-state index contributed by atoms with van der Waals surface area (Å²) in [6.45, 7) is 6.67. The van der Waals surface area contributed by atoms with Crippen molar-refractivity contribution in [3.8, 4) is 0 Å². The fourth-order valence-electron chi connectivity index (χ4n) is 3.73. The van der Waals surface area contributed by atoms with Gasteiger partial charge in [-0.05, 0) is 58.3 Å². The maximum atomic E-state index is 13.3. The monoisotopic (exact) mass is 737 g/mol. The van der Waals surface area contributed by atoms with Crippen molar-refractivity contribution in [2.75, 3.05) is 66.5 Å². The van der Waals surface area contributed by atoms with Gasteiger partial charge in [0.1, 0.15) is 39.8 Å². The number of hydrogen-bond donors (Lipinski definition) is 0.